The normalized spacial score (nSPS) is 15.0. The Morgan fingerprint density at radius 3 is 3.10 bits per heavy atom. The summed E-state index contributed by atoms with van der Waals surface area (Å²) in [6.07, 6.45) is 6.36. The van der Waals surface area contributed by atoms with Crippen LogP contribution in [0.15, 0.2) is 29.0 Å². The molecule has 2 heterocycles. The molecule has 2 aromatic rings. The van der Waals surface area contributed by atoms with Gasteiger partial charge in [0.15, 0.2) is 0 Å². The summed E-state index contributed by atoms with van der Waals surface area (Å²) in [6, 6.07) is 4.65. The van der Waals surface area contributed by atoms with Crippen molar-refractivity contribution in [2.45, 2.75) is 45.4 Å². The van der Waals surface area contributed by atoms with Crippen molar-refractivity contribution in [2.75, 3.05) is 13.1 Å². The zero-order chi connectivity index (χ0) is 14.5. The number of rotatable bonds is 9. The molecule has 0 aliphatic heterocycles. The fourth-order valence-electron chi connectivity index (χ4n) is 2.28. The van der Waals surface area contributed by atoms with Crippen molar-refractivity contribution in [1.82, 2.24) is 25.2 Å². The molecule has 1 aliphatic carbocycles. The number of aromatic nitrogens is 3. The Kier molecular flexibility index (Phi) is 4.67. The SMILES string of the molecule is CCN(CCn1cc(CNC2CC2)nn1)Cc1ccco1. The smallest absolute Gasteiger partial charge is 0.117 e. The molecule has 6 heteroatoms. The number of nitrogens with one attached hydrogen (secondary N) is 1. The van der Waals surface area contributed by atoms with Crippen LogP contribution in [0.2, 0.25) is 0 Å². The largest absolute Gasteiger partial charge is 0.468 e. The molecular weight excluding hydrogens is 266 g/mol. The van der Waals surface area contributed by atoms with Gasteiger partial charge in [-0.3, -0.25) is 9.58 Å². The van der Waals surface area contributed by atoms with E-state index in [0.717, 1.165) is 44.2 Å². The van der Waals surface area contributed by atoms with Gasteiger partial charge in [-0.2, -0.15) is 0 Å². The lowest BCUT2D eigenvalue weighted by Crippen LogP contribution is -2.27. The first-order chi connectivity index (χ1) is 10.3. The number of likely N-dealkylation sites (N-methyl/N-ethyl adjacent to an activating group) is 1. The van der Waals surface area contributed by atoms with Gasteiger partial charge in [0.05, 0.1) is 25.0 Å². The van der Waals surface area contributed by atoms with Crippen LogP contribution >= 0.6 is 0 Å². The van der Waals surface area contributed by atoms with E-state index in [1.165, 1.54) is 12.8 Å². The van der Waals surface area contributed by atoms with Gasteiger partial charge < -0.3 is 9.73 Å². The maximum absolute atomic E-state index is 5.40. The van der Waals surface area contributed by atoms with Gasteiger partial charge in [0.25, 0.3) is 0 Å². The molecule has 0 saturated heterocycles. The quantitative estimate of drug-likeness (QED) is 0.760. The van der Waals surface area contributed by atoms with Gasteiger partial charge in [-0.25, -0.2) is 0 Å². The molecule has 0 bridgehead atoms. The van der Waals surface area contributed by atoms with Crippen molar-refractivity contribution < 1.29 is 4.42 Å². The lowest BCUT2D eigenvalue weighted by atomic mass is 10.4. The van der Waals surface area contributed by atoms with E-state index in [9.17, 15) is 0 Å². The predicted molar refractivity (Wildman–Crippen MR) is 79.5 cm³/mol. The third kappa shape index (κ3) is 4.41. The van der Waals surface area contributed by atoms with Crippen molar-refractivity contribution in [3.8, 4) is 0 Å². The molecule has 1 N–H and O–H groups in total. The molecule has 3 rings (SSSR count). The summed E-state index contributed by atoms with van der Waals surface area (Å²) >= 11 is 0. The third-order valence-corrected chi connectivity index (χ3v) is 3.79. The molecule has 0 radical (unpaired) electrons. The highest BCUT2D eigenvalue weighted by atomic mass is 16.3. The van der Waals surface area contributed by atoms with E-state index < -0.39 is 0 Å². The van der Waals surface area contributed by atoms with Gasteiger partial charge in [0.2, 0.25) is 0 Å². The van der Waals surface area contributed by atoms with Gasteiger partial charge in [-0.1, -0.05) is 12.1 Å². The van der Waals surface area contributed by atoms with E-state index in [1.807, 2.05) is 23.0 Å². The standard InChI is InChI=1S/C15H23N5O/c1-2-19(12-15-4-3-9-21-15)7-8-20-11-14(17-18-20)10-16-13-5-6-13/h3-4,9,11,13,16H,2,5-8,10,12H2,1H3. The van der Waals surface area contributed by atoms with Crippen LogP contribution in [0.1, 0.15) is 31.2 Å². The first-order valence-electron chi connectivity index (χ1n) is 7.70. The lowest BCUT2D eigenvalue weighted by molar-refractivity contribution is 0.242. The van der Waals surface area contributed by atoms with Crippen LogP contribution in [0.4, 0.5) is 0 Å². The highest BCUT2D eigenvalue weighted by molar-refractivity contribution is 4.98. The molecule has 0 spiro atoms. The second-order valence-electron chi connectivity index (χ2n) is 5.58. The summed E-state index contributed by atoms with van der Waals surface area (Å²) in [4.78, 5) is 2.34. The molecule has 21 heavy (non-hydrogen) atoms. The Hall–Kier alpha value is -1.66. The fraction of sp³-hybridized carbons (Fsp3) is 0.600. The van der Waals surface area contributed by atoms with E-state index in [1.54, 1.807) is 6.26 Å². The highest BCUT2D eigenvalue weighted by Crippen LogP contribution is 2.18. The average molecular weight is 289 g/mol. The maximum Gasteiger partial charge on any atom is 0.117 e. The van der Waals surface area contributed by atoms with Crippen LogP contribution in [0.3, 0.4) is 0 Å². The molecule has 0 atom stereocenters. The molecule has 0 unspecified atom stereocenters. The summed E-state index contributed by atoms with van der Waals surface area (Å²) in [5.74, 6) is 1.00. The molecule has 0 aromatic carbocycles. The Morgan fingerprint density at radius 2 is 2.38 bits per heavy atom. The zero-order valence-electron chi connectivity index (χ0n) is 12.5. The van der Waals surface area contributed by atoms with Crippen molar-refractivity contribution >= 4 is 0 Å². The van der Waals surface area contributed by atoms with Crippen LogP contribution in [-0.2, 0) is 19.6 Å². The van der Waals surface area contributed by atoms with E-state index in [2.05, 4.69) is 27.5 Å². The van der Waals surface area contributed by atoms with E-state index in [-0.39, 0.29) is 0 Å². The van der Waals surface area contributed by atoms with Crippen LogP contribution < -0.4 is 5.32 Å². The van der Waals surface area contributed by atoms with Gasteiger partial charge in [0.1, 0.15) is 5.76 Å². The maximum atomic E-state index is 5.40. The van der Waals surface area contributed by atoms with Crippen LogP contribution in [-0.4, -0.2) is 39.0 Å². The Balaban J connectivity index is 1.44. The van der Waals surface area contributed by atoms with Crippen LogP contribution in [0.5, 0.6) is 0 Å². The number of hydrogen-bond donors (Lipinski definition) is 1. The van der Waals surface area contributed by atoms with Gasteiger partial charge in [-0.15, -0.1) is 5.10 Å². The molecule has 114 valence electrons. The van der Waals surface area contributed by atoms with Crippen LogP contribution in [0.25, 0.3) is 0 Å². The zero-order valence-corrected chi connectivity index (χ0v) is 12.5. The Bertz CT molecular complexity index is 532. The number of nitrogens with zero attached hydrogens (tertiary/aromatic N) is 4. The van der Waals surface area contributed by atoms with E-state index in [4.69, 9.17) is 4.42 Å². The molecule has 1 aliphatic rings. The minimum atomic E-state index is 0.707. The molecular formula is C15H23N5O. The minimum absolute atomic E-state index is 0.707. The van der Waals surface area contributed by atoms with Gasteiger partial charge in [-0.05, 0) is 31.5 Å². The Labute approximate surface area is 125 Å². The average Bonchev–Trinajstić information content (AvgIpc) is 3.00. The fourth-order valence-corrected chi connectivity index (χ4v) is 2.28. The van der Waals surface area contributed by atoms with Crippen molar-refractivity contribution in [2.24, 2.45) is 0 Å². The van der Waals surface area contributed by atoms with E-state index in [0.29, 0.717) is 6.04 Å². The van der Waals surface area contributed by atoms with E-state index >= 15 is 0 Å². The van der Waals surface area contributed by atoms with Crippen molar-refractivity contribution in [1.29, 1.82) is 0 Å². The molecule has 1 saturated carbocycles. The second kappa shape index (κ2) is 6.87. The lowest BCUT2D eigenvalue weighted by Gasteiger charge is -2.18. The summed E-state index contributed by atoms with van der Waals surface area (Å²) < 4.78 is 7.32. The predicted octanol–water partition coefficient (Wildman–Crippen LogP) is 1.65. The summed E-state index contributed by atoms with van der Waals surface area (Å²) in [5.41, 5.74) is 1.02. The number of hydrogen-bond acceptors (Lipinski definition) is 5. The van der Waals surface area contributed by atoms with Crippen molar-refractivity contribution in [3.05, 3.63) is 36.0 Å². The second-order valence-corrected chi connectivity index (χ2v) is 5.58. The third-order valence-electron chi connectivity index (χ3n) is 3.79. The molecule has 1 fully saturated rings. The minimum Gasteiger partial charge on any atom is -0.468 e. The summed E-state index contributed by atoms with van der Waals surface area (Å²) in [5, 5.41) is 11.9. The van der Waals surface area contributed by atoms with Gasteiger partial charge >= 0.3 is 0 Å². The molecule has 6 nitrogen and oxygen atoms in total. The molecule has 2 aromatic heterocycles. The van der Waals surface area contributed by atoms with Crippen molar-refractivity contribution in [3.63, 3.8) is 0 Å². The van der Waals surface area contributed by atoms with Gasteiger partial charge in [0, 0.05) is 25.3 Å². The topological polar surface area (TPSA) is 59.1 Å². The summed E-state index contributed by atoms with van der Waals surface area (Å²) in [6.45, 7) is 6.62. The summed E-state index contributed by atoms with van der Waals surface area (Å²) in [7, 11) is 0. The Morgan fingerprint density at radius 1 is 1.48 bits per heavy atom. The first-order valence-corrected chi connectivity index (χ1v) is 7.70. The molecule has 0 amide bonds. The van der Waals surface area contributed by atoms with Crippen LogP contribution in [0, 0.1) is 0 Å². The number of furan rings is 1. The monoisotopic (exact) mass is 289 g/mol. The highest BCUT2D eigenvalue weighted by Gasteiger charge is 2.20. The first kappa shape index (κ1) is 14.3.